The highest BCUT2D eigenvalue weighted by Gasteiger charge is 2.12. The number of guanidine groups is 1. The molecule has 2 heterocycles. The molecule has 0 bridgehead atoms. The minimum absolute atomic E-state index is 0.0605. The number of aromatic nitrogens is 1. The third-order valence-corrected chi connectivity index (χ3v) is 2.61. The summed E-state index contributed by atoms with van der Waals surface area (Å²) in [7, 11) is 0. The molecule has 0 amide bonds. The van der Waals surface area contributed by atoms with Gasteiger partial charge in [-0.1, -0.05) is 0 Å². The van der Waals surface area contributed by atoms with Crippen LogP contribution < -0.4 is 11.1 Å². The van der Waals surface area contributed by atoms with Crippen molar-refractivity contribution in [3.05, 3.63) is 28.4 Å². The average molecular weight is 250 g/mol. The first-order valence-electron chi connectivity index (χ1n) is 5.57. The zero-order valence-electron chi connectivity index (χ0n) is 9.74. The second-order valence-electron chi connectivity index (χ2n) is 3.84. The SMILES string of the molecule is NC(=Nc1ccc([N+](=O)[O-])cn1)N1CCNCC1. The van der Waals surface area contributed by atoms with Gasteiger partial charge >= 0.3 is 0 Å². The lowest BCUT2D eigenvalue weighted by Gasteiger charge is -2.27. The fourth-order valence-corrected chi connectivity index (χ4v) is 1.63. The Morgan fingerprint density at radius 2 is 2.22 bits per heavy atom. The number of nitrogens with two attached hydrogens (primary N) is 1. The molecule has 3 N–H and O–H groups in total. The molecule has 0 unspecified atom stereocenters. The topological polar surface area (TPSA) is 110 Å². The highest BCUT2D eigenvalue weighted by Crippen LogP contribution is 2.14. The largest absolute Gasteiger partial charge is 0.369 e. The molecule has 1 aromatic heterocycles. The number of piperazine rings is 1. The van der Waals surface area contributed by atoms with Crippen molar-refractivity contribution in [2.75, 3.05) is 26.2 Å². The Morgan fingerprint density at radius 1 is 1.50 bits per heavy atom. The van der Waals surface area contributed by atoms with Crippen LogP contribution in [-0.4, -0.2) is 46.9 Å². The second-order valence-corrected chi connectivity index (χ2v) is 3.84. The van der Waals surface area contributed by atoms with Crippen LogP contribution in [0, 0.1) is 10.1 Å². The second kappa shape index (κ2) is 5.41. The molecular formula is C10H14N6O2. The van der Waals surface area contributed by atoms with Crippen LogP contribution in [0.1, 0.15) is 0 Å². The number of aliphatic imine (C=N–C) groups is 1. The minimum atomic E-state index is -0.500. The van der Waals surface area contributed by atoms with E-state index < -0.39 is 4.92 Å². The number of pyridine rings is 1. The molecule has 96 valence electrons. The van der Waals surface area contributed by atoms with E-state index in [0.29, 0.717) is 11.8 Å². The van der Waals surface area contributed by atoms with Crippen LogP contribution in [0.25, 0.3) is 0 Å². The fraction of sp³-hybridized carbons (Fsp3) is 0.400. The summed E-state index contributed by atoms with van der Waals surface area (Å²) < 4.78 is 0. The zero-order valence-corrected chi connectivity index (χ0v) is 9.74. The Kier molecular flexibility index (Phi) is 3.68. The van der Waals surface area contributed by atoms with Gasteiger partial charge in [0.25, 0.3) is 5.69 Å². The Labute approximate surface area is 104 Å². The highest BCUT2D eigenvalue weighted by molar-refractivity contribution is 5.80. The van der Waals surface area contributed by atoms with Crippen molar-refractivity contribution in [3.8, 4) is 0 Å². The van der Waals surface area contributed by atoms with Gasteiger partial charge in [0.1, 0.15) is 6.20 Å². The van der Waals surface area contributed by atoms with Crippen molar-refractivity contribution in [2.45, 2.75) is 0 Å². The van der Waals surface area contributed by atoms with Crippen molar-refractivity contribution in [1.82, 2.24) is 15.2 Å². The molecule has 1 saturated heterocycles. The monoisotopic (exact) mass is 250 g/mol. The molecule has 2 rings (SSSR count). The molecule has 0 aliphatic carbocycles. The van der Waals surface area contributed by atoms with E-state index in [1.807, 2.05) is 4.90 Å². The van der Waals surface area contributed by atoms with Gasteiger partial charge in [0.05, 0.1) is 4.92 Å². The standard InChI is InChI=1S/C10H14N6O2/c11-10(15-5-3-12-4-6-15)14-9-2-1-8(7-13-9)16(17)18/h1-2,7,12H,3-6H2,(H2,11,13,14). The Morgan fingerprint density at radius 3 is 2.78 bits per heavy atom. The first kappa shape index (κ1) is 12.2. The van der Waals surface area contributed by atoms with E-state index in [2.05, 4.69) is 15.3 Å². The van der Waals surface area contributed by atoms with Gasteiger partial charge in [-0.3, -0.25) is 10.1 Å². The molecule has 8 nitrogen and oxygen atoms in total. The summed E-state index contributed by atoms with van der Waals surface area (Å²) >= 11 is 0. The van der Waals surface area contributed by atoms with Crippen LogP contribution in [0.2, 0.25) is 0 Å². The van der Waals surface area contributed by atoms with Crippen LogP contribution in [-0.2, 0) is 0 Å². The van der Waals surface area contributed by atoms with Crippen molar-refractivity contribution in [3.63, 3.8) is 0 Å². The quantitative estimate of drug-likeness (QED) is 0.326. The number of hydrogen-bond acceptors (Lipinski definition) is 5. The lowest BCUT2D eigenvalue weighted by atomic mass is 10.4. The van der Waals surface area contributed by atoms with Crippen molar-refractivity contribution < 1.29 is 4.92 Å². The predicted octanol–water partition coefficient (Wildman–Crippen LogP) is -0.159. The lowest BCUT2D eigenvalue weighted by molar-refractivity contribution is -0.385. The van der Waals surface area contributed by atoms with Crippen molar-refractivity contribution >= 4 is 17.5 Å². The molecule has 0 aromatic carbocycles. The molecule has 0 radical (unpaired) electrons. The van der Waals surface area contributed by atoms with E-state index >= 15 is 0 Å². The van der Waals surface area contributed by atoms with Gasteiger partial charge < -0.3 is 16.0 Å². The summed E-state index contributed by atoms with van der Waals surface area (Å²) in [5.41, 5.74) is 5.79. The average Bonchev–Trinajstić information content (AvgIpc) is 2.40. The maximum Gasteiger partial charge on any atom is 0.287 e. The molecule has 0 atom stereocenters. The van der Waals surface area contributed by atoms with Gasteiger partial charge in [-0.05, 0) is 6.07 Å². The third-order valence-electron chi connectivity index (χ3n) is 2.61. The van der Waals surface area contributed by atoms with Crippen molar-refractivity contribution in [1.29, 1.82) is 0 Å². The fourth-order valence-electron chi connectivity index (χ4n) is 1.63. The minimum Gasteiger partial charge on any atom is -0.369 e. The molecule has 0 saturated carbocycles. The molecule has 1 aromatic rings. The maximum absolute atomic E-state index is 10.5. The van der Waals surface area contributed by atoms with Gasteiger partial charge in [0.15, 0.2) is 11.8 Å². The Hall–Kier alpha value is -2.22. The van der Waals surface area contributed by atoms with Crippen LogP contribution >= 0.6 is 0 Å². The van der Waals surface area contributed by atoms with Gasteiger partial charge in [-0.15, -0.1) is 0 Å². The zero-order chi connectivity index (χ0) is 13.0. The van der Waals surface area contributed by atoms with Crippen LogP contribution in [0.5, 0.6) is 0 Å². The molecule has 18 heavy (non-hydrogen) atoms. The molecular weight excluding hydrogens is 236 g/mol. The normalized spacial score (nSPS) is 16.7. The molecule has 1 fully saturated rings. The van der Waals surface area contributed by atoms with E-state index in [-0.39, 0.29) is 5.69 Å². The van der Waals surface area contributed by atoms with Crippen LogP contribution in [0.4, 0.5) is 11.5 Å². The first-order chi connectivity index (χ1) is 8.66. The summed E-state index contributed by atoms with van der Waals surface area (Å²) in [5.74, 6) is 0.759. The van der Waals surface area contributed by atoms with E-state index in [1.54, 1.807) is 0 Å². The molecule has 1 aliphatic rings. The summed E-state index contributed by atoms with van der Waals surface area (Å²) in [6.45, 7) is 3.32. The summed E-state index contributed by atoms with van der Waals surface area (Å²) in [6, 6.07) is 2.84. The van der Waals surface area contributed by atoms with E-state index in [0.717, 1.165) is 26.2 Å². The van der Waals surface area contributed by atoms with Crippen molar-refractivity contribution in [2.24, 2.45) is 10.7 Å². The van der Waals surface area contributed by atoms with Gasteiger partial charge in [-0.25, -0.2) is 4.98 Å². The maximum atomic E-state index is 10.5. The van der Waals surface area contributed by atoms with E-state index in [9.17, 15) is 10.1 Å². The predicted molar refractivity (Wildman–Crippen MR) is 66.6 cm³/mol. The number of nitrogens with zero attached hydrogens (tertiary/aromatic N) is 4. The van der Waals surface area contributed by atoms with Gasteiger partial charge in [-0.2, -0.15) is 4.99 Å². The van der Waals surface area contributed by atoms with E-state index in [4.69, 9.17) is 5.73 Å². The van der Waals surface area contributed by atoms with Crippen LogP contribution in [0.3, 0.4) is 0 Å². The molecule has 8 heteroatoms. The highest BCUT2D eigenvalue weighted by atomic mass is 16.6. The number of nitrogens with one attached hydrogen (secondary N) is 1. The van der Waals surface area contributed by atoms with Crippen LogP contribution in [0.15, 0.2) is 23.3 Å². The number of hydrogen-bond donors (Lipinski definition) is 2. The first-order valence-corrected chi connectivity index (χ1v) is 5.57. The summed E-state index contributed by atoms with van der Waals surface area (Å²) in [6.07, 6.45) is 1.17. The molecule has 0 spiro atoms. The number of rotatable bonds is 2. The smallest absolute Gasteiger partial charge is 0.287 e. The third kappa shape index (κ3) is 2.92. The Balaban J connectivity index is 2.08. The van der Waals surface area contributed by atoms with Gasteiger partial charge in [0.2, 0.25) is 0 Å². The lowest BCUT2D eigenvalue weighted by Crippen LogP contribution is -2.49. The number of nitro groups is 1. The van der Waals surface area contributed by atoms with Gasteiger partial charge in [0, 0.05) is 32.2 Å². The molecule has 1 aliphatic heterocycles. The summed E-state index contributed by atoms with van der Waals surface area (Å²) in [4.78, 5) is 19.9. The Bertz CT molecular complexity index is 452. The van der Waals surface area contributed by atoms with E-state index in [1.165, 1.54) is 18.3 Å². The summed E-state index contributed by atoms with van der Waals surface area (Å²) in [5, 5.41) is 13.7.